The van der Waals surface area contributed by atoms with Gasteiger partial charge in [0, 0.05) is 25.3 Å². The summed E-state index contributed by atoms with van der Waals surface area (Å²) in [5.74, 6) is 0. The first kappa shape index (κ1) is 13.9. The molecule has 1 atom stereocenters. The van der Waals surface area contributed by atoms with E-state index in [-0.39, 0.29) is 12.4 Å². The lowest BCUT2D eigenvalue weighted by atomic mass is 10.2. The van der Waals surface area contributed by atoms with E-state index in [2.05, 4.69) is 44.2 Å². The molecule has 0 aromatic carbocycles. The molecule has 1 saturated heterocycles. The Balaban J connectivity index is 0.00000128. The Morgan fingerprint density at radius 2 is 2.38 bits per heavy atom. The van der Waals surface area contributed by atoms with Crippen LogP contribution in [-0.4, -0.2) is 36.1 Å². The Kier molecular flexibility index (Phi) is 5.69. The van der Waals surface area contributed by atoms with Crippen molar-refractivity contribution in [3.63, 3.8) is 0 Å². The summed E-state index contributed by atoms with van der Waals surface area (Å²) in [5.41, 5.74) is 1.27. The van der Waals surface area contributed by atoms with Crippen molar-refractivity contribution in [1.82, 2.24) is 15.2 Å². The highest BCUT2D eigenvalue weighted by molar-refractivity contribution is 9.10. The summed E-state index contributed by atoms with van der Waals surface area (Å²) in [6.07, 6.45) is 3.18. The van der Waals surface area contributed by atoms with Crippen LogP contribution in [0.2, 0.25) is 0 Å². The van der Waals surface area contributed by atoms with E-state index in [9.17, 15) is 0 Å². The van der Waals surface area contributed by atoms with Crippen LogP contribution < -0.4 is 5.32 Å². The maximum absolute atomic E-state index is 4.23. The van der Waals surface area contributed by atoms with Crippen LogP contribution in [0.5, 0.6) is 0 Å². The molecule has 0 aliphatic carbocycles. The van der Waals surface area contributed by atoms with Gasteiger partial charge in [-0.2, -0.15) is 0 Å². The molecule has 0 radical (unpaired) electrons. The van der Waals surface area contributed by atoms with Gasteiger partial charge < -0.3 is 5.32 Å². The third-order valence-corrected chi connectivity index (χ3v) is 3.35. The standard InChI is InChI=1S/C11H16BrN3.ClH/c1-15(10-4-5-13-7-10)8-9-2-3-11(12)14-6-9;/h2-3,6,10,13H,4-5,7-8H2,1H3;1H/t10-;/m0./s1. The van der Waals surface area contributed by atoms with Gasteiger partial charge in [0.25, 0.3) is 0 Å². The van der Waals surface area contributed by atoms with Crippen molar-refractivity contribution in [3.8, 4) is 0 Å². The fraction of sp³-hybridized carbons (Fsp3) is 0.545. The number of nitrogens with zero attached hydrogens (tertiary/aromatic N) is 2. The minimum Gasteiger partial charge on any atom is -0.315 e. The van der Waals surface area contributed by atoms with E-state index in [1.165, 1.54) is 12.0 Å². The summed E-state index contributed by atoms with van der Waals surface area (Å²) in [7, 11) is 2.18. The van der Waals surface area contributed by atoms with Crippen LogP contribution in [0.1, 0.15) is 12.0 Å². The molecule has 16 heavy (non-hydrogen) atoms. The molecule has 90 valence electrons. The Labute approximate surface area is 111 Å². The summed E-state index contributed by atoms with van der Waals surface area (Å²) in [6.45, 7) is 3.24. The van der Waals surface area contributed by atoms with Crippen molar-refractivity contribution in [2.45, 2.75) is 19.0 Å². The molecule has 5 heteroatoms. The minimum absolute atomic E-state index is 0. The lowest BCUT2D eigenvalue weighted by Crippen LogP contribution is -2.32. The fourth-order valence-corrected chi connectivity index (χ4v) is 2.17. The average Bonchev–Trinajstić information content (AvgIpc) is 2.74. The average molecular weight is 307 g/mol. The predicted octanol–water partition coefficient (Wildman–Crippen LogP) is 2.06. The second kappa shape index (κ2) is 6.55. The third-order valence-electron chi connectivity index (χ3n) is 2.88. The Bertz CT molecular complexity index is 312. The maximum atomic E-state index is 4.23. The van der Waals surface area contributed by atoms with Crippen molar-refractivity contribution in [3.05, 3.63) is 28.5 Å². The number of likely N-dealkylation sites (N-methyl/N-ethyl adjacent to an activating group) is 1. The van der Waals surface area contributed by atoms with Gasteiger partial charge in [0.15, 0.2) is 0 Å². The molecule has 0 bridgehead atoms. The second-order valence-electron chi connectivity index (χ2n) is 4.05. The molecular formula is C11H17BrClN3. The van der Waals surface area contributed by atoms with Gasteiger partial charge in [0.2, 0.25) is 0 Å². The van der Waals surface area contributed by atoms with Gasteiger partial charge >= 0.3 is 0 Å². The van der Waals surface area contributed by atoms with Crippen molar-refractivity contribution < 1.29 is 0 Å². The van der Waals surface area contributed by atoms with Crippen LogP contribution in [0.15, 0.2) is 22.9 Å². The van der Waals surface area contributed by atoms with E-state index in [1.54, 1.807) is 0 Å². The smallest absolute Gasteiger partial charge is 0.106 e. The zero-order valence-corrected chi connectivity index (χ0v) is 11.7. The van der Waals surface area contributed by atoms with Crippen LogP contribution in [0.25, 0.3) is 0 Å². The highest BCUT2D eigenvalue weighted by Crippen LogP contribution is 2.12. The van der Waals surface area contributed by atoms with Gasteiger partial charge in [-0.1, -0.05) is 6.07 Å². The number of halogens is 2. The molecule has 1 aliphatic rings. The molecule has 1 aromatic heterocycles. The Morgan fingerprint density at radius 3 is 2.94 bits per heavy atom. The first-order valence-corrected chi connectivity index (χ1v) is 6.06. The van der Waals surface area contributed by atoms with Crippen LogP contribution in [0.3, 0.4) is 0 Å². The minimum atomic E-state index is 0. The van der Waals surface area contributed by atoms with Crippen LogP contribution in [-0.2, 0) is 6.54 Å². The highest BCUT2D eigenvalue weighted by atomic mass is 79.9. The number of aromatic nitrogens is 1. The SMILES string of the molecule is CN(Cc1ccc(Br)nc1)[C@H]1CCNC1.Cl. The quantitative estimate of drug-likeness (QED) is 0.867. The van der Waals surface area contributed by atoms with E-state index in [0.29, 0.717) is 6.04 Å². The molecule has 0 unspecified atom stereocenters. The Morgan fingerprint density at radius 1 is 1.56 bits per heavy atom. The molecule has 0 amide bonds. The zero-order chi connectivity index (χ0) is 10.7. The molecule has 1 fully saturated rings. The van der Waals surface area contributed by atoms with Gasteiger partial charge in [-0.25, -0.2) is 4.98 Å². The van der Waals surface area contributed by atoms with Gasteiger partial charge in [-0.3, -0.25) is 4.90 Å². The van der Waals surface area contributed by atoms with E-state index < -0.39 is 0 Å². The highest BCUT2D eigenvalue weighted by Gasteiger charge is 2.18. The van der Waals surface area contributed by atoms with Crippen LogP contribution in [0, 0.1) is 0 Å². The molecule has 2 rings (SSSR count). The molecule has 1 aliphatic heterocycles. The number of hydrogen-bond donors (Lipinski definition) is 1. The van der Waals surface area contributed by atoms with Gasteiger partial charge in [0.05, 0.1) is 0 Å². The van der Waals surface area contributed by atoms with Gasteiger partial charge in [0.1, 0.15) is 4.60 Å². The lowest BCUT2D eigenvalue weighted by molar-refractivity contribution is 0.248. The maximum Gasteiger partial charge on any atom is 0.106 e. The van der Waals surface area contributed by atoms with E-state index in [1.807, 2.05) is 12.3 Å². The molecule has 1 N–H and O–H groups in total. The predicted molar refractivity (Wildman–Crippen MR) is 71.9 cm³/mol. The fourth-order valence-electron chi connectivity index (χ4n) is 1.93. The van der Waals surface area contributed by atoms with Crippen LogP contribution in [0.4, 0.5) is 0 Å². The topological polar surface area (TPSA) is 28.2 Å². The van der Waals surface area contributed by atoms with Crippen molar-refractivity contribution in [1.29, 1.82) is 0 Å². The number of hydrogen-bond acceptors (Lipinski definition) is 3. The number of pyridine rings is 1. The normalized spacial score (nSPS) is 19.8. The van der Waals surface area contributed by atoms with Crippen molar-refractivity contribution >= 4 is 28.3 Å². The lowest BCUT2D eigenvalue weighted by Gasteiger charge is -2.23. The zero-order valence-electron chi connectivity index (χ0n) is 9.32. The number of nitrogens with one attached hydrogen (secondary N) is 1. The molecule has 1 aromatic rings. The summed E-state index contributed by atoms with van der Waals surface area (Å²) in [6, 6.07) is 4.79. The van der Waals surface area contributed by atoms with Crippen molar-refractivity contribution in [2.24, 2.45) is 0 Å². The van der Waals surface area contributed by atoms with E-state index in [4.69, 9.17) is 0 Å². The molecule has 0 spiro atoms. The second-order valence-corrected chi connectivity index (χ2v) is 4.86. The summed E-state index contributed by atoms with van der Waals surface area (Å²) in [5, 5.41) is 3.38. The van der Waals surface area contributed by atoms with Crippen molar-refractivity contribution in [2.75, 3.05) is 20.1 Å². The summed E-state index contributed by atoms with van der Waals surface area (Å²) >= 11 is 3.34. The van der Waals surface area contributed by atoms with Gasteiger partial charge in [-0.05, 0) is 47.6 Å². The summed E-state index contributed by atoms with van der Waals surface area (Å²) in [4.78, 5) is 6.63. The van der Waals surface area contributed by atoms with Gasteiger partial charge in [-0.15, -0.1) is 12.4 Å². The monoisotopic (exact) mass is 305 g/mol. The number of rotatable bonds is 3. The summed E-state index contributed by atoms with van der Waals surface area (Å²) < 4.78 is 0.899. The van der Waals surface area contributed by atoms with E-state index >= 15 is 0 Å². The van der Waals surface area contributed by atoms with Crippen LogP contribution >= 0.6 is 28.3 Å². The first-order chi connectivity index (χ1) is 7.25. The first-order valence-electron chi connectivity index (χ1n) is 5.27. The molecular weight excluding hydrogens is 289 g/mol. The third kappa shape index (κ3) is 3.70. The molecule has 0 saturated carbocycles. The molecule has 3 nitrogen and oxygen atoms in total. The largest absolute Gasteiger partial charge is 0.315 e. The molecule has 2 heterocycles. The Hall–Kier alpha value is -0.160. The van der Waals surface area contributed by atoms with E-state index in [0.717, 1.165) is 24.2 Å².